The fourth-order valence-corrected chi connectivity index (χ4v) is 2.43. The summed E-state index contributed by atoms with van der Waals surface area (Å²) < 4.78 is 5.36. The van der Waals surface area contributed by atoms with Crippen LogP contribution in [-0.4, -0.2) is 41.4 Å². The molecule has 1 aliphatic rings. The molecule has 1 saturated heterocycles. The third-order valence-corrected chi connectivity index (χ3v) is 3.85. The highest BCUT2D eigenvalue weighted by Gasteiger charge is 2.38. The maximum atomic E-state index is 10.9. The molecule has 1 aromatic rings. The Hall–Kier alpha value is -1.50. The Morgan fingerprint density at radius 2 is 2.30 bits per heavy atom. The van der Waals surface area contributed by atoms with E-state index in [2.05, 4.69) is 5.32 Å². The van der Waals surface area contributed by atoms with Crippen molar-refractivity contribution in [2.24, 2.45) is 0 Å². The lowest BCUT2D eigenvalue weighted by Crippen LogP contribution is -2.46. The van der Waals surface area contributed by atoms with Crippen LogP contribution in [0, 0.1) is 10.1 Å². The smallest absolute Gasteiger partial charge is 0.272 e. The van der Waals surface area contributed by atoms with Gasteiger partial charge in [0.2, 0.25) is 0 Å². The molecule has 6 heteroatoms. The summed E-state index contributed by atoms with van der Waals surface area (Å²) in [6, 6.07) is 6.73. The van der Waals surface area contributed by atoms with E-state index < -0.39 is 5.60 Å². The first-order valence-electron chi connectivity index (χ1n) is 6.80. The number of benzene rings is 1. The fourth-order valence-electron chi connectivity index (χ4n) is 2.43. The number of hydrogen-bond donors (Lipinski definition) is 2. The highest BCUT2D eigenvalue weighted by Crippen LogP contribution is 2.24. The van der Waals surface area contributed by atoms with E-state index >= 15 is 0 Å². The molecule has 0 amide bonds. The molecule has 110 valence electrons. The Kier molecular flexibility index (Phi) is 4.69. The summed E-state index contributed by atoms with van der Waals surface area (Å²) in [7, 11) is 0. The minimum absolute atomic E-state index is 0.144. The SMILES string of the molecule is CC1OCCC1(O)CNCCc1ccccc1[N+](=O)[O-]. The molecule has 0 bridgehead atoms. The van der Waals surface area contributed by atoms with Crippen molar-refractivity contribution in [2.45, 2.75) is 31.5 Å². The summed E-state index contributed by atoms with van der Waals surface area (Å²) >= 11 is 0. The van der Waals surface area contributed by atoms with Crippen molar-refractivity contribution in [1.29, 1.82) is 0 Å². The second kappa shape index (κ2) is 6.30. The van der Waals surface area contributed by atoms with Gasteiger partial charge in [-0.15, -0.1) is 0 Å². The Bertz CT molecular complexity index is 480. The van der Waals surface area contributed by atoms with Crippen molar-refractivity contribution in [3.63, 3.8) is 0 Å². The van der Waals surface area contributed by atoms with Crippen LogP contribution in [0.1, 0.15) is 18.9 Å². The van der Waals surface area contributed by atoms with E-state index in [1.165, 1.54) is 6.07 Å². The predicted octanol–water partition coefficient (Wildman–Crippen LogP) is 1.27. The summed E-state index contributed by atoms with van der Waals surface area (Å²) in [5.41, 5.74) is 0.0149. The molecule has 1 heterocycles. The van der Waals surface area contributed by atoms with Crippen molar-refractivity contribution >= 4 is 5.69 Å². The number of nitrogens with zero attached hydrogens (tertiary/aromatic N) is 1. The number of ether oxygens (including phenoxy) is 1. The lowest BCUT2D eigenvalue weighted by Gasteiger charge is -2.26. The molecule has 2 atom stereocenters. The van der Waals surface area contributed by atoms with Crippen LogP contribution in [0.2, 0.25) is 0 Å². The molecule has 0 aromatic heterocycles. The van der Waals surface area contributed by atoms with Gasteiger partial charge >= 0.3 is 0 Å². The second-order valence-electron chi connectivity index (χ2n) is 5.18. The lowest BCUT2D eigenvalue weighted by molar-refractivity contribution is -0.385. The summed E-state index contributed by atoms with van der Waals surface area (Å²) in [6.45, 7) is 3.45. The van der Waals surface area contributed by atoms with Gasteiger partial charge in [-0.05, 0) is 19.9 Å². The molecular formula is C14H20N2O4. The van der Waals surface area contributed by atoms with E-state index in [9.17, 15) is 15.2 Å². The Labute approximate surface area is 117 Å². The first kappa shape index (κ1) is 14.9. The molecule has 6 nitrogen and oxygen atoms in total. The van der Waals surface area contributed by atoms with Crippen LogP contribution >= 0.6 is 0 Å². The average molecular weight is 280 g/mol. The summed E-state index contributed by atoms with van der Waals surface area (Å²) in [4.78, 5) is 10.5. The van der Waals surface area contributed by atoms with Gasteiger partial charge in [0.1, 0.15) is 5.60 Å². The van der Waals surface area contributed by atoms with E-state index in [0.717, 1.165) is 0 Å². The summed E-state index contributed by atoms with van der Waals surface area (Å²) in [5.74, 6) is 0. The number of nitrogens with one attached hydrogen (secondary N) is 1. The average Bonchev–Trinajstić information content (AvgIpc) is 2.75. The minimum atomic E-state index is -0.831. The number of aliphatic hydroxyl groups is 1. The number of nitro benzene ring substituents is 1. The van der Waals surface area contributed by atoms with Gasteiger partial charge in [-0.3, -0.25) is 10.1 Å². The molecule has 2 rings (SSSR count). The molecule has 1 fully saturated rings. The van der Waals surface area contributed by atoms with Gasteiger partial charge in [-0.1, -0.05) is 18.2 Å². The third kappa shape index (κ3) is 3.33. The van der Waals surface area contributed by atoms with Crippen LogP contribution in [0.4, 0.5) is 5.69 Å². The quantitative estimate of drug-likeness (QED) is 0.465. The van der Waals surface area contributed by atoms with Crippen LogP contribution in [0.25, 0.3) is 0 Å². The van der Waals surface area contributed by atoms with E-state index in [0.29, 0.717) is 38.1 Å². The molecular weight excluding hydrogens is 260 g/mol. The van der Waals surface area contributed by atoms with Crippen LogP contribution < -0.4 is 5.32 Å². The highest BCUT2D eigenvalue weighted by atomic mass is 16.6. The second-order valence-corrected chi connectivity index (χ2v) is 5.18. The van der Waals surface area contributed by atoms with Crippen LogP contribution in [0.5, 0.6) is 0 Å². The molecule has 1 aromatic carbocycles. The van der Waals surface area contributed by atoms with Gasteiger partial charge < -0.3 is 15.2 Å². The van der Waals surface area contributed by atoms with E-state index in [1.807, 2.05) is 6.92 Å². The van der Waals surface area contributed by atoms with Gasteiger partial charge in [0.25, 0.3) is 5.69 Å². The molecule has 2 unspecified atom stereocenters. The van der Waals surface area contributed by atoms with Gasteiger partial charge in [0, 0.05) is 31.2 Å². The maximum absolute atomic E-state index is 10.9. The zero-order chi connectivity index (χ0) is 14.6. The maximum Gasteiger partial charge on any atom is 0.272 e. The van der Waals surface area contributed by atoms with Crippen LogP contribution in [-0.2, 0) is 11.2 Å². The van der Waals surface area contributed by atoms with Crippen LogP contribution in [0.15, 0.2) is 24.3 Å². The van der Waals surface area contributed by atoms with E-state index in [-0.39, 0.29) is 16.7 Å². The minimum Gasteiger partial charge on any atom is -0.386 e. The highest BCUT2D eigenvalue weighted by molar-refractivity contribution is 5.39. The number of nitro groups is 1. The van der Waals surface area contributed by atoms with Crippen molar-refractivity contribution in [3.05, 3.63) is 39.9 Å². The molecule has 0 radical (unpaired) electrons. The largest absolute Gasteiger partial charge is 0.386 e. The lowest BCUT2D eigenvalue weighted by atomic mass is 9.96. The third-order valence-electron chi connectivity index (χ3n) is 3.85. The zero-order valence-electron chi connectivity index (χ0n) is 11.5. The van der Waals surface area contributed by atoms with Gasteiger partial charge in [-0.25, -0.2) is 0 Å². The summed E-state index contributed by atoms with van der Waals surface area (Å²) in [6.07, 6.45) is 0.996. The van der Waals surface area contributed by atoms with Crippen molar-refractivity contribution in [2.75, 3.05) is 19.7 Å². The number of rotatable bonds is 6. The first-order valence-corrected chi connectivity index (χ1v) is 6.80. The molecule has 0 aliphatic carbocycles. The topological polar surface area (TPSA) is 84.6 Å². The Morgan fingerprint density at radius 3 is 2.95 bits per heavy atom. The monoisotopic (exact) mass is 280 g/mol. The van der Waals surface area contributed by atoms with Gasteiger partial charge in [0.05, 0.1) is 11.0 Å². The van der Waals surface area contributed by atoms with E-state index in [1.54, 1.807) is 18.2 Å². The van der Waals surface area contributed by atoms with Gasteiger partial charge in [-0.2, -0.15) is 0 Å². The Balaban J connectivity index is 1.83. The van der Waals surface area contributed by atoms with Crippen molar-refractivity contribution < 1.29 is 14.8 Å². The predicted molar refractivity (Wildman–Crippen MR) is 74.7 cm³/mol. The van der Waals surface area contributed by atoms with Crippen molar-refractivity contribution in [1.82, 2.24) is 5.32 Å². The normalized spacial score (nSPS) is 25.8. The number of para-hydroxylation sites is 1. The molecule has 2 N–H and O–H groups in total. The van der Waals surface area contributed by atoms with Crippen LogP contribution in [0.3, 0.4) is 0 Å². The zero-order valence-corrected chi connectivity index (χ0v) is 11.5. The standard InChI is InChI=1S/C14H20N2O4/c1-11-14(17,7-9-20-11)10-15-8-6-12-4-2-3-5-13(12)16(18)19/h2-5,11,15,17H,6-10H2,1H3. The van der Waals surface area contributed by atoms with Gasteiger partial charge in [0.15, 0.2) is 0 Å². The van der Waals surface area contributed by atoms with E-state index in [4.69, 9.17) is 4.74 Å². The van der Waals surface area contributed by atoms with Crippen molar-refractivity contribution in [3.8, 4) is 0 Å². The number of hydrogen-bond acceptors (Lipinski definition) is 5. The summed E-state index contributed by atoms with van der Waals surface area (Å²) in [5, 5.41) is 24.4. The molecule has 0 saturated carbocycles. The fraction of sp³-hybridized carbons (Fsp3) is 0.571. The molecule has 1 aliphatic heterocycles. The molecule has 0 spiro atoms. The molecule has 20 heavy (non-hydrogen) atoms. The first-order chi connectivity index (χ1) is 9.53. The Morgan fingerprint density at radius 1 is 1.55 bits per heavy atom.